The molecule has 0 aliphatic rings. The van der Waals surface area contributed by atoms with Gasteiger partial charge < -0.3 is 15.6 Å². The van der Waals surface area contributed by atoms with Crippen LogP contribution in [0.5, 0.6) is 0 Å². The Morgan fingerprint density at radius 2 is 2.18 bits per heavy atom. The minimum atomic E-state index is -0.590. The monoisotopic (exact) mass is 231 g/mol. The van der Waals surface area contributed by atoms with Crippen LogP contribution in [-0.4, -0.2) is 17.1 Å². The van der Waals surface area contributed by atoms with E-state index in [0.29, 0.717) is 12.1 Å². The van der Waals surface area contributed by atoms with Gasteiger partial charge in [-0.05, 0) is 12.0 Å². The second-order valence-corrected chi connectivity index (χ2v) is 3.70. The van der Waals surface area contributed by atoms with E-state index in [4.69, 9.17) is 5.73 Å². The molecule has 5 nitrogen and oxygen atoms in total. The fraction of sp³-hybridized carbons (Fsp3) is 0.167. The molecule has 0 saturated heterocycles. The van der Waals surface area contributed by atoms with Crippen molar-refractivity contribution in [1.82, 2.24) is 5.16 Å². The normalized spacial score (nSPS) is 12.1. The second-order valence-electron chi connectivity index (χ2n) is 3.70. The van der Waals surface area contributed by atoms with E-state index >= 15 is 0 Å². The molecule has 0 aliphatic heterocycles. The van der Waals surface area contributed by atoms with Crippen molar-refractivity contribution in [2.24, 2.45) is 5.73 Å². The molecular weight excluding hydrogens is 218 g/mol. The Morgan fingerprint density at radius 3 is 2.82 bits per heavy atom. The first-order valence-electron chi connectivity index (χ1n) is 5.25. The zero-order chi connectivity index (χ0) is 12.1. The molecule has 1 amide bonds. The predicted molar refractivity (Wildman–Crippen MR) is 63.3 cm³/mol. The van der Waals surface area contributed by atoms with E-state index in [9.17, 15) is 4.79 Å². The highest BCUT2D eigenvalue weighted by atomic mass is 16.5. The van der Waals surface area contributed by atoms with Gasteiger partial charge in [0, 0.05) is 0 Å². The Kier molecular flexibility index (Phi) is 3.52. The van der Waals surface area contributed by atoms with Gasteiger partial charge in [0.25, 0.3) is 0 Å². The number of hydrogen-bond donors (Lipinski definition) is 2. The number of benzene rings is 1. The fourth-order valence-electron chi connectivity index (χ4n) is 1.46. The van der Waals surface area contributed by atoms with Crippen molar-refractivity contribution in [3.8, 4) is 0 Å². The number of nitrogens with two attached hydrogens (primary N) is 1. The molecule has 1 atom stereocenters. The Balaban J connectivity index is 1.92. The molecule has 0 aliphatic carbocycles. The van der Waals surface area contributed by atoms with Gasteiger partial charge in [0.05, 0.1) is 12.2 Å². The van der Waals surface area contributed by atoms with Gasteiger partial charge in [-0.2, -0.15) is 0 Å². The van der Waals surface area contributed by atoms with Gasteiger partial charge in [-0.15, -0.1) is 0 Å². The molecule has 1 aromatic carbocycles. The van der Waals surface area contributed by atoms with Crippen LogP contribution in [0.15, 0.2) is 47.3 Å². The summed E-state index contributed by atoms with van der Waals surface area (Å²) in [6.45, 7) is 0. The van der Waals surface area contributed by atoms with Crippen molar-refractivity contribution in [1.29, 1.82) is 0 Å². The zero-order valence-electron chi connectivity index (χ0n) is 9.17. The van der Waals surface area contributed by atoms with Crippen molar-refractivity contribution in [2.75, 3.05) is 5.32 Å². The number of nitrogens with zero attached hydrogens (tertiary/aromatic N) is 1. The van der Waals surface area contributed by atoms with Gasteiger partial charge in [0.1, 0.15) is 12.0 Å². The van der Waals surface area contributed by atoms with Crippen molar-refractivity contribution in [3.63, 3.8) is 0 Å². The number of nitrogens with one attached hydrogen (secondary N) is 1. The Labute approximate surface area is 98.6 Å². The molecule has 5 heteroatoms. The summed E-state index contributed by atoms with van der Waals surface area (Å²) >= 11 is 0. The van der Waals surface area contributed by atoms with Gasteiger partial charge in [-0.1, -0.05) is 35.5 Å². The zero-order valence-corrected chi connectivity index (χ0v) is 9.17. The van der Waals surface area contributed by atoms with Crippen molar-refractivity contribution >= 4 is 11.6 Å². The van der Waals surface area contributed by atoms with Crippen LogP contribution in [0, 0.1) is 0 Å². The van der Waals surface area contributed by atoms with Crippen LogP contribution in [0.1, 0.15) is 5.56 Å². The minimum Gasteiger partial charge on any atom is -0.363 e. The first-order chi connectivity index (χ1) is 8.25. The largest absolute Gasteiger partial charge is 0.363 e. The lowest BCUT2D eigenvalue weighted by Crippen LogP contribution is -2.37. The van der Waals surface area contributed by atoms with E-state index in [0.717, 1.165) is 5.56 Å². The van der Waals surface area contributed by atoms with E-state index in [1.165, 1.54) is 12.5 Å². The van der Waals surface area contributed by atoms with Crippen LogP contribution in [0.3, 0.4) is 0 Å². The number of amides is 1. The Bertz CT molecular complexity index is 468. The summed E-state index contributed by atoms with van der Waals surface area (Å²) in [5, 5.41) is 6.11. The quantitative estimate of drug-likeness (QED) is 0.828. The number of rotatable bonds is 4. The lowest BCUT2D eigenvalue weighted by Gasteiger charge is -2.10. The lowest BCUT2D eigenvalue weighted by atomic mass is 10.1. The molecule has 17 heavy (non-hydrogen) atoms. The van der Waals surface area contributed by atoms with Crippen LogP contribution in [0.2, 0.25) is 0 Å². The summed E-state index contributed by atoms with van der Waals surface area (Å²) in [6.07, 6.45) is 3.28. The van der Waals surface area contributed by atoms with E-state index in [-0.39, 0.29) is 5.91 Å². The number of anilines is 1. The molecule has 1 unspecified atom stereocenters. The molecular formula is C12H13N3O2. The third-order valence-corrected chi connectivity index (χ3v) is 2.34. The Morgan fingerprint density at radius 1 is 1.41 bits per heavy atom. The van der Waals surface area contributed by atoms with Gasteiger partial charge in [0.15, 0.2) is 0 Å². The molecule has 0 saturated carbocycles. The maximum absolute atomic E-state index is 11.7. The van der Waals surface area contributed by atoms with Crippen LogP contribution in [0.4, 0.5) is 5.69 Å². The molecule has 2 rings (SSSR count). The third-order valence-electron chi connectivity index (χ3n) is 2.34. The van der Waals surface area contributed by atoms with Crippen LogP contribution in [-0.2, 0) is 11.2 Å². The topological polar surface area (TPSA) is 81.2 Å². The van der Waals surface area contributed by atoms with E-state index in [1.54, 1.807) is 0 Å². The van der Waals surface area contributed by atoms with Crippen molar-refractivity contribution in [2.45, 2.75) is 12.5 Å². The van der Waals surface area contributed by atoms with Gasteiger partial charge in [0.2, 0.25) is 5.91 Å². The number of carbonyl (C=O) groups is 1. The van der Waals surface area contributed by atoms with Gasteiger partial charge >= 0.3 is 0 Å². The Hall–Kier alpha value is -2.14. The molecule has 0 bridgehead atoms. The van der Waals surface area contributed by atoms with E-state index in [2.05, 4.69) is 15.0 Å². The number of carbonyl (C=O) groups excluding carboxylic acids is 1. The predicted octanol–water partition coefficient (Wildman–Crippen LogP) is 1.18. The molecule has 88 valence electrons. The summed E-state index contributed by atoms with van der Waals surface area (Å²) in [6, 6.07) is 9.04. The molecule has 0 spiro atoms. The molecule has 0 radical (unpaired) electrons. The molecule has 1 heterocycles. The fourth-order valence-corrected chi connectivity index (χ4v) is 1.46. The van der Waals surface area contributed by atoms with Crippen molar-refractivity contribution in [3.05, 3.63) is 48.4 Å². The first-order valence-corrected chi connectivity index (χ1v) is 5.25. The standard InChI is InChI=1S/C12H13N3O2/c13-11(6-9-4-2-1-3-5-9)12(16)15-10-7-14-17-8-10/h1-5,7-8,11H,6,13H2,(H,15,16). The maximum Gasteiger partial charge on any atom is 0.241 e. The second kappa shape index (κ2) is 5.27. The molecule has 0 fully saturated rings. The van der Waals surface area contributed by atoms with Gasteiger partial charge in [-0.3, -0.25) is 4.79 Å². The summed E-state index contributed by atoms with van der Waals surface area (Å²) < 4.78 is 4.61. The summed E-state index contributed by atoms with van der Waals surface area (Å²) in [7, 11) is 0. The highest BCUT2D eigenvalue weighted by Crippen LogP contribution is 2.06. The average Bonchev–Trinajstić information content (AvgIpc) is 2.83. The molecule has 1 aromatic heterocycles. The third kappa shape index (κ3) is 3.15. The van der Waals surface area contributed by atoms with E-state index in [1.807, 2.05) is 30.3 Å². The number of aromatic nitrogens is 1. The number of hydrogen-bond acceptors (Lipinski definition) is 4. The smallest absolute Gasteiger partial charge is 0.241 e. The summed E-state index contributed by atoms with van der Waals surface area (Å²) in [5.74, 6) is -0.253. The first kappa shape index (κ1) is 11.3. The summed E-state index contributed by atoms with van der Waals surface area (Å²) in [4.78, 5) is 11.7. The van der Waals surface area contributed by atoms with Crippen LogP contribution >= 0.6 is 0 Å². The lowest BCUT2D eigenvalue weighted by molar-refractivity contribution is -0.117. The minimum absolute atomic E-state index is 0.253. The van der Waals surface area contributed by atoms with E-state index < -0.39 is 6.04 Å². The average molecular weight is 231 g/mol. The molecule has 3 N–H and O–H groups in total. The SMILES string of the molecule is NC(Cc1ccccc1)C(=O)Nc1cnoc1. The van der Waals surface area contributed by atoms with Crippen molar-refractivity contribution < 1.29 is 9.32 Å². The maximum atomic E-state index is 11.7. The van der Waals surface area contributed by atoms with Crippen LogP contribution in [0.25, 0.3) is 0 Å². The summed E-state index contributed by atoms with van der Waals surface area (Å²) in [5.41, 5.74) is 7.34. The highest BCUT2D eigenvalue weighted by Gasteiger charge is 2.14. The van der Waals surface area contributed by atoms with Gasteiger partial charge in [-0.25, -0.2) is 0 Å². The highest BCUT2D eigenvalue weighted by molar-refractivity contribution is 5.94. The molecule has 2 aromatic rings. The van der Waals surface area contributed by atoms with Crippen LogP contribution < -0.4 is 11.1 Å².